The molecule has 0 radical (unpaired) electrons. The van der Waals surface area contributed by atoms with E-state index in [0.29, 0.717) is 0 Å². The molecule has 0 aliphatic carbocycles. The van der Waals surface area contributed by atoms with Crippen molar-refractivity contribution in [2.24, 2.45) is 0 Å². The number of methoxy groups -OCH3 is 1. The van der Waals surface area contributed by atoms with Crippen LogP contribution in [0.25, 0.3) is 10.7 Å². The van der Waals surface area contributed by atoms with Gasteiger partial charge in [-0.25, -0.2) is 9.97 Å². The lowest BCUT2D eigenvalue weighted by Crippen LogP contribution is -2.31. The molecule has 0 fully saturated rings. The van der Waals surface area contributed by atoms with Crippen molar-refractivity contribution >= 4 is 11.3 Å². The number of hydrogen-bond acceptors (Lipinski definition) is 6. The number of rotatable bonds is 4. The van der Waals surface area contributed by atoms with Crippen LogP contribution in [0, 0.1) is 0 Å². The van der Waals surface area contributed by atoms with E-state index in [1.54, 1.807) is 24.6 Å². The second-order valence-electron chi connectivity index (χ2n) is 5.84. The highest BCUT2D eigenvalue weighted by atomic mass is 32.1. The molecule has 0 N–H and O–H groups in total. The Hall–Kier alpha value is -2.31. The maximum atomic E-state index is 5.25. The van der Waals surface area contributed by atoms with Gasteiger partial charge in [0.25, 0.3) is 0 Å². The van der Waals surface area contributed by atoms with Crippen molar-refractivity contribution in [2.75, 3.05) is 13.7 Å². The maximum absolute atomic E-state index is 5.25. The third-order valence-electron chi connectivity index (χ3n) is 4.17. The van der Waals surface area contributed by atoms with E-state index in [1.807, 2.05) is 24.5 Å². The second-order valence-corrected chi connectivity index (χ2v) is 6.78. The van der Waals surface area contributed by atoms with Gasteiger partial charge in [0.2, 0.25) is 0 Å². The lowest BCUT2D eigenvalue weighted by atomic mass is 10.1. The largest absolute Gasteiger partial charge is 0.495 e. The van der Waals surface area contributed by atoms with Crippen LogP contribution in [-0.4, -0.2) is 33.5 Å². The molecule has 0 unspecified atom stereocenters. The fourth-order valence-corrected chi connectivity index (χ4v) is 3.62. The maximum Gasteiger partial charge on any atom is 0.169 e. The highest BCUT2D eigenvalue weighted by Crippen LogP contribution is 2.25. The summed E-state index contributed by atoms with van der Waals surface area (Å²) >= 11 is 1.68. The zero-order chi connectivity index (χ0) is 16.4. The van der Waals surface area contributed by atoms with Gasteiger partial charge in [0.1, 0.15) is 5.75 Å². The molecule has 5 nitrogen and oxygen atoms in total. The molecule has 3 aromatic heterocycles. The first-order valence-corrected chi connectivity index (χ1v) is 8.79. The highest BCUT2D eigenvalue weighted by molar-refractivity contribution is 7.13. The van der Waals surface area contributed by atoms with Gasteiger partial charge in [0, 0.05) is 44.0 Å². The third-order valence-corrected chi connectivity index (χ3v) is 5.03. The minimum Gasteiger partial charge on any atom is -0.495 e. The van der Waals surface area contributed by atoms with Gasteiger partial charge in [0.05, 0.1) is 23.9 Å². The highest BCUT2D eigenvalue weighted by Gasteiger charge is 2.19. The Bertz CT molecular complexity index is 835. The molecule has 0 bridgehead atoms. The summed E-state index contributed by atoms with van der Waals surface area (Å²) in [6, 6.07) is 6.14. The molecule has 24 heavy (non-hydrogen) atoms. The standard InChI is InChI=1S/C18H18N4OS/c1-23-15-7-13(8-19-10-15)11-22-5-4-16-14(12-22)9-20-18(21-16)17-3-2-6-24-17/h2-3,6-10H,4-5,11-12H2,1H3. The summed E-state index contributed by atoms with van der Waals surface area (Å²) in [5, 5.41) is 2.06. The van der Waals surface area contributed by atoms with Crippen molar-refractivity contribution in [2.45, 2.75) is 19.5 Å². The van der Waals surface area contributed by atoms with Crippen LogP contribution >= 0.6 is 11.3 Å². The number of pyridine rings is 1. The monoisotopic (exact) mass is 338 g/mol. The van der Waals surface area contributed by atoms with Crippen LogP contribution in [0.15, 0.2) is 42.2 Å². The minimum absolute atomic E-state index is 0.800. The summed E-state index contributed by atoms with van der Waals surface area (Å²) in [6.07, 6.45) is 6.56. The molecule has 0 spiro atoms. The van der Waals surface area contributed by atoms with Gasteiger partial charge in [-0.2, -0.15) is 0 Å². The number of ether oxygens (including phenoxy) is 1. The van der Waals surface area contributed by atoms with Crippen molar-refractivity contribution in [1.82, 2.24) is 19.9 Å². The first-order valence-electron chi connectivity index (χ1n) is 7.91. The number of hydrogen-bond donors (Lipinski definition) is 0. The van der Waals surface area contributed by atoms with Gasteiger partial charge in [0.15, 0.2) is 5.82 Å². The van der Waals surface area contributed by atoms with Crippen LogP contribution < -0.4 is 4.74 Å². The average molecular weight is 338 g/mol. The van der Waals surface area contributed by atoms with E-state index >= 15 is 0 Å². The summed E-state index contributed by atoms with van der Waals surface area (Å²) in [5.41, 5.74) is 3.56. The quantitative estimate of drug-likeness (QED) is 0.731. The molecular formula is C18H18N4OS. The molecule has 0 atom stereocenters. The molecular weight excluding hydrogens is 320 g/mol. The Kier molecular flexibility index (Phi) is 4.23. The molecule has 6 heteroatoms. The molecule has 4 rings (SSSR count). The molecule has 0 saturated heterocycles. The van der Waals surface area contributed by atoms with Crippen molar-refractivity contribution < 1.29 is 4.74 Å². The molecule has 0 aromatic carbocycles. The summed E-state index contributed by atoms with van der Waals surface area (Å²) in [7, 11) is 1.67. The summed E-state index contributed by atoms with van der Waals surface area (Å²) in [6.45, 7) is 2.72. The van der Waals surface area contributed by atoms with Crippen molar-refractivity contribution in [3.63, 3.8) is 0 Å². The lowest BCUT2D eigenvalue weighted by molar-refractivity contribution is 0.242. The number of aromatic nitrogens is 3. The smallest absolute Gasteiger partial charge is 0.169 e. The SMILES string of the molecule is COc1cncc(CN2CCc3nc(-c4cccs4)ncc3C2)c1. The predicted octanol–water partition coefficient (Wildman–Crippen LogP) is 3.17. The molecule has 3 aromatic rings. The van der Waals surface area contributed by atoms with Crippen LogP contribution in [0.5, 0.6) is 5.75 Å². The van der Waals surface area contributed by atoms with Gasteiger partial charge in [-0.1, -0.05) is 6.07 Å². The van der Waals surface area contributed by atoms with Gasteiger partial charge in [-0.15, -0.1) is 11.3 Å². The number of thiophene rings is 1. The number of nitrogens with zero attached hydrogens (tertiary/aromatic N) is 4. The van der Waals surface area contributed by atoms with E-state index in [1.165, 1.54) is 11.3 Å². The van der Waals surface area contributed by atoms with Gasteiger partial charge in [-0.3, -0.25) is 9.88 Å². The van der Waals surface area contributed by atoms with Crippen LogP contribution in [0.3, 0.4) is 0 Å². The zero-order valence-electron chi connectivity index (χ0n) is 13.5. The predicted molar refractivity (Wildman–Crippen MR) is 94.0 cm³/mol. The van der Waals surface area contributed by atoms with E-state index in [0.717, 1.165) is 48.1 Å². The van der Waals surface area contributed by atoms with E-state index in [9.17, 15) is 0 Å². The van der Waals surface area contributed by atoms with Crippen LogP contribution in [0.4, 0.5) is 0 Å². The molecule has 4 heterocycles. The molecule has 1 aliphatic rings. The van der Waals surface area contributed by atoms with Crippen molar-refractivity contribution in [3.8, 4) is 16.5 Å². The number of fused-ring (bicyclic) bond motifs is 1. The summed E-state index contributed by atoms with van der Waals surface area (Å²) in [5.74, 6) is 1.64. The van der Waals surface area contributed by atoms with Crippen molar-refractivity contribution in [3.05, 3.63) is 59.0 Å². The summed E-state index contributed by atoms with van der Waals surface area (Å²) in [4.78, 5) is 17.1. The Morgan fingerprint density at radius 1 is 1.29 bits per heavy atom. The topological polar surface area (TPSA) is 51.1 Å². The Morgan fingerprint density at radius 2 is 2.25 bits per heavy atom. The Morgan fingerprint density at radius 3 is 3.08 bits per heavy atom. The van der Waals surface area contributed by atoms with Gasteiger partial charge < -0.3 is 4.74 Å². The van der Waals surface area contributed by atoms with Gasteiger partial charge in [-0.05, 0) is 23.1 Å². The van der Waals surface area contributed by atoms with Crippen LogP contribution in [-0.2, 0) is 19.5 Å². The minimum atomic E-state index is 0.800. The summed E-state index contributed by atoms with van der Waals surface area (Å²) < 4.78 is 5.25. The van der Waals surface area contributed by atoms with E-state index < -0.39 is 0 Å². The normalized spacial score (nSPS) is 14.4. The molecule has 0 amide bonds. The average Bonchev–Trinajstić information content (AvgIpc) is 3.16. The first kappa shape index (κ1) is 15.2. The lowest BCUT2D eigenvalue weighted by Gasteiger charge is -2.28. The van der Waals surface area contributed by atoms with Crippen LogP contribution in [0.2, 0.25) is 0 Å². The zero-order valence-corrected chi connectivity index (χ0v) is 14.3. The van der Waals surface area contributed by atoms with Crippen LogP contribution in [0.1, 0.15) is 16.8 Å². The van der Waals surface area contributed by atoms with E-state index in [4.69, 9.17) is 9.72 Å². The van der Waals surface area contributed by atoms with E-state index in [2.05, 4.69) is 26.3 Å². The van der Waals surface area contributed by atoms with E-state index in [-0.39, 0.29) is 0 Å². The Balaban J connectivity index is 1.49. The van der Waals surface area contributed by atoms with Gasteiger partial charge >= 0.3 is 0 Å². The second kappa shape index (κ2) is 6.67. The Labute approximate surface area is 145 Å². The third kappa shape index (κ3) is 3.16. The first-order chi connectivity index (χ1) is 11.8. The fourth-order valence-electron chi connectivity index (χ4n) is 2.95. The molecule has 0 saturated carbocycles. The fraction of sp³-hybridized carbons (Fsp3) is 0.278. The van der Waals surface area contributed by atoms with Crippen molar-refractivity contribution in [1.29, 1.82) is 0 Å². The molecule has 122 valence electrons. The molecule has 1 aliphatic heterocycles.